The molecule has 1 atom stereocenters. The lowest BCUT2D eigenvalue weighted by atomic mass is 10.0. The van der Waals surface area contributed by atoms with Crippen LogP contribution in [0.5, 0.6) is 0 Å². The van der Waals surface area contributed by atoms with Crippen LogP contribution in [0.15, 0.2) is 47.4 Å². The topological polar surface area (TPSA) is 95.2 Å². The summed E-state index contributed by atoms with van der Waals surface area (Å²) >= 11 is 6.19. The molecule has 0 radical (unpaired) electrons. The Hall–Kier alpha value is -2.42. The minimum atomic E-state index is -3.80. The summed E-state index contributed by atoms with van der Waals surface area (Å²) in [4.78, 5) is 20.8. The van der Waals surface area contributed by atoms with Gasteiger partial charge in [0, 0.05) is 18.7 Å². The zero-order valence-corrected chi connectivity index (χ0v) is 19.6. The number of halogens is 1. The molecule has 3 aromatic rings. The Kier molecular flexibility index (Phi) is 7.03. The summed E-state index contributed by atoms with van der Waals surface area (Å²) in [6.45, 7) is 8.10. The van der Waals surface area contributed by atoms with Gasteiger partial charge in [0.05, 0.1) is 22.1 Å². The van der Waals surface area contributed by atoms with Gasteiger partial charge < -0.3 is 10.3 Å². The number of nitrogens with one attached hydrogen (secondary N) is 2. The van der Waals surface area contributed by atoms with Gasteiger partial charge in [0.2, 0.25) is 10.0 Å². The molecule has 0 bridgehead atoms. The van der Waals surface area contributed by atoms with E-state index in [1.807, 2.05) is 38.1 Å². The second-order valence-electron chi connectivity index (χ2n) is 7.57. The number of nitrogens with zero attached hydrogens (tertiary/aromatic N) is 2. The van der Waals surface area contributed by atoms with Gasteiger partial charge >= 0.3 is 0 Å². The zero-order valence-electron chi connectivity index (χ0n) is 18.0. The summed E-state index contributed by atoms with van der Waals surface area (Å²) in [5, 5.41) is 3.07. The van der Waals surface area contributed by atoms with Crippen LogP contribution in [0.3, 0.4) is 0 Å². The van der Waals surface area contributed by atoms with E-state index in [1.165, 1.54) is 22.5 Å². The number of sulfonamides is 1. The summed E-state index contributed by atoms with van der Waals surface area (Å²) in [7, 11) is -3.80. The maximum atomic E-state index is 13.0. The molecule has 0 aliphatic heterocycles. The van der Waals surface area contributed by atoms with Crippen molar-refractivity contribution in [2.75, 3.05) is 13.1 Å². The Morgan fingerprint density at radius 2 is 1.84 bits per heavy atom. The summed E-state index contributed by atoms with van der Waals surface area (Å²) in [6.07, 6.45) is 0. The summed E-state index contributed by atoms with van der Waals surface area (Å²) < 4.78 is 27.2. The predicted molar refractivity (Wildman–Crippen MR) is 123 cm³/mol. The molecule has 9 heteroatoms. The van der Waals surface area contributed by atoms with Crippen LogP contribution < -0.4 is 5.32 Å². The fourth-order valence-corrected chi connectivity index (χ4v) is 5.40. The van der Waals surface area contributed by atoms with Gasteiger partial charge in [-0.15, -0.1) is 0 Å². The summed E-state index contributed by atoms with van der Waals surface area (Å²) in [6, 6.07) is 11.6. The van der Waals surface area contributed by atoms with Gasteiger partial charge in [-0.3, -0.25) is 4.79 Å². The van der Waals surface area contributed by atoms with Gasteiger partial charge in [-0.05, 0) is 36.2 Å². The smallest absolute Gasteiger partial charge is 0.251 e. The molecule has 3 rings (SSSR count). The van der Waals surface area contributed by atoms with Crippen molar-refractivity contribution in [1.82, 2.24) is 19.6 Å². The number of carbonyl (C=O) groups excluding carboxylic acids is 1. The number of fused-ring (bicyclic) bond motifs is 1. The fraction of sp³-hybridized carbons (Fsp3) is 0.364. The van der Waals surface area contributed by atoms with Crippen molar-refractivity contribution in [3.63, 3.8) is 0 Å². The first-order chi connectivity index (χ1) is 14.7. The molecule has 0 saturated carbocycles. The van der Waals surface area contributed by atoms with Crippen molar-refractivity contribution in [3.8, 4) is 0 Å². The van der Waals surface area contributed by atoms with E-state index < -0.39 is 15.9 Å². The molecule has 0 aliphatic rings. The summed E-state index contributed by atoms with van der Waals surface area (Å²) in [5.74, 6) is 0.303. The van der Waals surface area contributed by atoms with Crippen LogP contribution in [0.2, 0.25) is 5.02 Å². The van der Waals surface area contributed by atoms with E-state index in [4.69, 9.17) is 11.6 Å². The van der Waals surface area contributed by atoms with Gasteiger partial charge in [-0.2, -0.15) is 4.31 Å². The van der Waals surface area contributed by atoms with Crippen molar-refractivity contribution >= 4 is 38.6 Å². The molecule has 31 heavy (non-hydrogen) atoms. The number of aromatic amines is 1. The first-order valence-corrected chi connectivity index (χ1v) is 12.1. The lowest BCUT2D eigenvalue weighted by Gasteiger charge is -2.22. The van der Waals surface area contributed by atoms with Crippen molar-refractivity contribution in [1.29, 1.82) is 0 Å². The van der Waals surface area contributed by atoms with Crippen LogP contribution >= 0.6 is 11.6 Å². The standard InChI is InChI=1S/C22H27ClN4O3S/c1-5-27(6-2)31(29,30)19-13-15(11-12-16(19)23)22(28)26-20(14(3)4)21-24-17-9-7-8-10-18(17)25-21/h7-14,20H,5-6H2,1-4H3,(H,24,25)(H,26,28)/t20-/m1/s1. The molecule has 1 heterocycles. The van der Waals surface area contributed by atoms with Gasteiger partial charge in [0.1, 0.15) is 10.7 Å². The van der Waals surface area contributed by atoms with Gasteiger partial charge in [-0.1, -0.05) is 51.4 Å². The van der Waals surface area contributed by atoms with E-state index in [0.717, 1.165) is 11.0 Å². The minimum Gasteiger partial charge on any atom is -0.342 e. The number of hydrogen-bond acceptors (Lipinski definition) is 4. The van der Waals surface area contributed by atoms with E-state index in [9.17, 15) is 13.2 Å². The highest BCUT2D eigenvalue weighted by molar-refractivity contribution is 7.89. The lowest BCUT2D eigenvalue weighted by molar-refractivity contribution is 0.0923. The van der Waals surface area contributed by atoms with Crippen LogP contribution in [-0.4, -0.2) is 41.7 Å². The Bertz CT molecular complexity index is 1150. The van der Waals surface area contributed by atoms with Crippen LogP contribution in [0.1, 0.15) is 49.9 Å². The molecule has 166 valence electrons. The number of H-pyrrole nitrogens is 1. The molecular weight excluding hydrogens is 436 g/mol. The molecule has 0 fully saturated rings. The number of rotatable bonds is 8. The Labute approximate surface area is 187 Å². The first-order valence-electron chi connectivity index (χ1n) is 10.2. The third-order valence-corrected chi connectivity index (χ3v) is 7.70. The normalized spacial score (nSPS) is 13.1. The van der Waals surface area contributed by atoms with Crippen LogP contribution in [-0.2, 0) is 10.0 Å². The monoisotopic (exact) mass is 462 g/mol. The van der Waals surface area contributed by atoms with Crippen molar-refractivity contribution in [3.05, 3.63) is 58.9 Å². The lowest BCUT2D eigenvalue weighted by Crippen LogP contribution is -2.33. The van der Waals surface area contributed by atoms with E-state index in [2.05, 4.69) is 15.3 Å². The van der Waals surface area contributed by atoms with Crippen molar-refractivity contribution in [2.45, 2.75) is 38.6 Å². The molecule has 7 nitrogen and oxygen atoms in total. The van der Waals surface area contributed by atoms with E-state index in [0.29, 0.717) is 18.9 Å². The minimum absolute atomic E-state index is 0.0516. The number of hydrogen-bond donors (Lipinski definition) is 2. The molecule has 2 aromatic carbocycles. The largest absolute Gasteiger partial charge is 0.342 e. The molecule has 1 aromatic heterocycles. The highest BCUT2D eigenvalue weighted by Gasteiger charge is 2.27. The van der Waals surface area contributed by atoms with Crippen LogP contribution in [0, 0.1) is 5.92 Å². The number of benzene rings is 2. The van der Waals surface area contributed by atoms with E-state index in [-0.39, 0.29) is 27.4 Å². The maximum Gasteiger partial charge on any atom is 0.251 e. The van der Waals surface area contributed by atoms with Gasteiger partial charge in [-0.25, -0.2) is 13.4 Å². The second kappa shape index (κ2) is 9.38. The van der Waals surface area contributed by atoms with Gasteiger partial charge in [0.25, 0.3) is 5.91 Å². The number of para-hydroxylation sites is 2. The van der Waals surface area contributed by atoms with E-state index in [1.54, 1.807) is 13.8 Å². The maximum absolute atomic E-state index is 13.0. The Balaban J connectivity index is 1.93. The van der Waals surface area contributed by atoms with Gasteiger partial charge in [0.15, 0.2) is 0 Å². The number of imidazole rings is 1. The molecular formula is C22H27ClN4O3S. The highest BCUT2D eigenvalue weighted by Crippen LogP contribution is 2.27. The highest BCUT2D eigenvalue weighted by atomic mass is 35.5. The third kappa shape index (κ3) is 4.76. The number of carbonyl (C=O) groups is 1. The summed E-state index contributed by atoms with van der Waals surface area (Å²) in [5.41, 5.74) is 1.92. The van der Waals surface area contributed by atoms with E-state index >= 15 is 0 Å². The Morgan fingerprint density at radius 3 is 2.45 bits per heavy atom. The molecule has 0 spiro atoms. The average Bonchev–Trinajstić information content (AvgIpc) is 3.16. The molecule has 0 saturated heterocycles. The number of aromatic nitrogens is 2. The zero-order chi connectivity index (χ0) is 22.8. The fourth-order valence-electron chi connectivity index (χ4n) is 3.44. The van der Waals surface area contributed by atoms with Crippen LogP contribution in [0.4, 0.5) is 0 Å². The molecule has 0 unspecified atom stereocenters. The third-order valence-electron chi connectivity index (χ3n) is 5.17. The first kappa shape index (κ1) is 23.2. The molecule has 1 amide bonds. The second-order valence-corrected chi connectivity index (χ2v) is 9.88. The predicted octanol–water partition coefficient (Wildman–Crippen LogP) is 4.37. The van der Waals surface area contributed by atoms with Crippen molar-refractivity contribution < 1.29 is 13.2 Å². The molecule has 0 aliphatic carbocycles. The quantitative estimate of drug-likeness (QED) is 0.519. The SMILES string of the molecule is CCN(CC)S(=O)(=O)c1cc(C(=O)N[C@@H](c2nc3ccccc3[nH]2)C(C)C)ccc1Cl. The Morgan fingerprint density at radius 1 is 1.16 bits per heavy atom. The van der Waals surface area contributed by atoms with Crippen LogP contribution in [0.25, 0.3) is 11.0 Å². The van der Waals surface area contributed by atoms with Crippen molar-refractivity contribution in [2.24, 2.45) is 5.92 Å². The molecule has 2 N–H and O–H groups in total. The number of amides is 1. The average molecular weight is 463 g/mol.